The normalized spacial score (nSPS) is 15.3. The van der Waals surface area contributed by atoms with Crippen LogP contribution in [0.3, 0.4) is 0 Å². The minimum atomic E-state index is 0.169. The molecule has 2 rings (SSSR count). The summed E-state index contributed by atoms with van der Waals surface area (Å²) in [7, 11) is 0. The number of anilines is 1. The molecule has 0 aromatic carbocycles. The van der Waals surface area contributed by atoms with Crippen LogP contribution in [-0.4, -0.2) is 53.6 Å². The first kappa shape index (κ1) is 17.7. The number of carbonyl (C=O) groups excluding carboxylic acids is 1. The molecule has 6 nitrogen and oxygen atoms in total. The Hall–Kier alpha value is -1.69. The molecule has 0 aliphatic carbocycles. The molecule has 1 saturated heterocycles. The number of amides is 1. The maximum Gasteiger partial charge on any atom is 0.224 e. The van der Waals surface area contributed by atoms with Crippen LogP contribution in [0.1, 0.15) is 57.5 Å². The highest BCUT2D eigenvalue weighted by Crippen LogP contribution is 2.19. The molecule has 128 valence electrons. The minimum Gasteiger partial charge on any atom is -0.378 e. The zero-order valence-electron chi connectivity index (χ0n) is 14.6. The predicted octanol–water partition coefficient (Wildman–Crippen LogP) is 2.38. The fourth-order valence-corrected chi connectivity index (χ4v) is 2.40. The van der Waals surface area contributed by atoms with Gasteiger partial charge in [-0.05, 0) is 5.92 Å². The lowest BCUT2D eigenvalue weighted by Crippen LogP contribution is -2.41. The average molecular weight is 320 g/mol. The zero-order chi connectivity index (χ0) is 16.8. The van der Waals surface area contributed by atoms with Crippen molar-refractivity contribution in [1.29, 1.82) is 0 Å². The van der Waals surface area contributed by atoms with Gasteiger partial charge in [-0.3, -0.25) is 4.79 Å². The number of hydrogen-bond acceptors (Lipinski definition) is 5. The summed E-state index contributed by atoms with van der Waals surface area (Å²) >= 11 is 0. The highest BCUT2D eigenvalue weighted by Gasteiger charge is 2.16. The van der Waals surface area contributed by atoms with Crippen LogP contribution >= 0.6 is 0 Å². The molecule has 1 N–H and O–H groups in total. The van der Waals surface area contributed by atoms with Crippen molar-refractivity contribution in [2.75, 3.05) is 38.2 Å². The molecule has 0 radical (unpaired) electrons. The molecule has 1 fully saturated rings. The lowest BCUT2D eigenvalue weighted by Gasteiger charge is -2.26. The van der Waals surface area contributed by atoms with Crippen LogP contribution in [0.25, 0.3) is 0 Å². The van der Waals surface area contributed by atoms with E-state index in [1.54, 1.807) is 0 Å². The van der Waals surface area contributed by atoms with E-state index in [2.05, 4.69) is 43.0 Å². The van der Waals surface area contributed by atoms with Gasteiger partial charge in [0.05, 0.1) is 13.2 Å². The highest BCUT2D eigenvalue weighted by molar-refractivity contribution is 5.76. The summed E-state index contributed by atoms with van der Waals surface area (Å²) in [6, 6.07) is 1.98. The van der Waals surface area contributed by atoms with E-state index in [9.17, 15) is 4.79 Å². The topological polar surface area (TPSA) is 67.4 Å². The number of aromatic nitrogens is 2. The fraction of sp³-hybridized carbons (Fsp3) is 0.706. The highest BCUT2D eigenvalue weighted by atomic mass is 16.5. The summed E-state index contributed by atoms with van der Waals surface area (Å²) in [6.07, 6.45) is 0.470. The van der Waals surface area contributed by atoms with Gasteiger partial charge in [-0.1, -0.05) is 27.7 Å². The molecular formula is C17H28N4O2. The molecule has 0 saturated carbocycles. The molecule has 1 aromatic rings. The van der Waals surface area contributed by atoms with Crippen molar-refractivity contribution in [2.24, 2.45) is 0 Å². The molecule has 1 aliphatic rings. The average Bonchev–Trinajstić information content (AvgIpc) is 2.55. The summed E-state index contributed by atoms with van der Waals surface area (Å²) in [5.74, 6) is 2.46. The third-order valence-corrected chi connectivity index (χ3v) is 3.88. The van der Waals surface area contributed by atoms with Gasteiger partial charge in [0, 0.05) is 43.7 Å². The van der Waals surface area contributed by atoms with Gasteiger partial charge in [-0.2, -0.15) is 0 Å². The standard InChI is InChI=1S/C17H28N4O2/c1-12(2)14-11-15(20-17(19-14)13(3)4)18-6-5-16(22)21-7-9-23-10-8-21/h11-13H,5-10H2,1-4H3,(H,18,19,20). The molecule has 0 spiro atoms. The van der Waals surface area contributed by atoms with Crippen molar-refractivity contribution in [3.63, 3.8) is 0 Å². The molecular weight excluding hydrogens is 292 g/mol. The van der Waals surface area contributed by atoms with Crippen LogP contribution in [0.5, 0.6) is 0 Å². The van der Waals surface area contributed by atoms with Gasteiger partial charge in [0.25, 0.3) is 0 Å². The molecule has 1 aliphatic heterocycles. The Morgan fingerprint density at radius 2 is 1.91 bits per heavy atom. The smallest absolute Gasteiger partial charge is 0.224 e. The van der Waals surface area contributed by atoms with Gasteiger partial charge >= 0.3 is 0 Å². The zero-order valence-corrected chi connectivity index (χ0v) is 14.6. The van der Waals surface area contributed by atoms with Crippen molar-refractivity contribution >= 4 is 11.7 Å². The van der Waals surface area contributed by atoms with Crippen molar-refractivity contribution in [2.45, 2.75) is 46.0 Å². The van der Waals surface area contributed by atoms with Gasteiger partial charge in [0.15, 0.2) is 0 Å². The van der Waals surface area contributed by atoms with E-state index >= 15 is 0 Å². The second-order valence-corrected chi connectivity index (χ2v) is 6.52. The van der Waals surface area contributed by atoms with Gasteiger partial charge in [0.2, 0.25) is 5.91 Å². The van der Waals surface area contributed by atoms with Crippen LogP contribution in [0.15, 0.2) is 6.07 Å². The number of carbonyl (C=O) groups is 1. The second kappa shape index (κ2) is 8.24. The lowest BCUT2D eigenvalue weighted by molar-refractivity contribution is -0.134. The molecule has 0 bridgehead atoms. The van der Waals surface area contributed by atoms with E-state index in [1.807, 2.05) is 11.0 Å². The van der Waals surface area contributed by atoms with Crippen molar-refractivity contribution < 1.29 is 9.53 Å². The van der Waals surface area contributed by atoms with E-state index in [0.29, 0.717) is 45.2 Å². The van der Waals surface area contributed by atoms with Gasteiger partial charge in [0.1, 0.15) is 11.6 Å². The van der Waals surface area contributed by atoms with Gasteiger partial charge in [-0.25, -0.2) is 9.97 Å². The van der Waals surface area contributed by atoms with E-state index in [1.165, 1.54) is 0 Å². The Balaban J connectivity index is 1.92. The van der Waals surface area contributed by atoms with Crippen molar-refractivity contribution in [3.05, 3.63) is 17.6 Å². The Kier molecular flexibility index (Phi) is 6.33. The second-order valence-electron chi connectivity index (χ2n) is 6.52. The summed E-state index contributed by atoms with van der Waals surface area (Å²) < 4.78 is 5.27. The number of hydrogen-bond donors (Lipinski definition) is 1. The fourth-order valence-electron chi connectivity index (χ4n) is 2.40. The first-order chi connectivity index (χ1) is 11.0. The predicted molar refractivity (Wildman–Crippen MR) is 90.7 cm³/mol. The van der Waals surface area contributed by atoms with Crippen LogP contribution in [0.4, 0.5) is 5.82 Å². The first-order valence-corrected chi connectivity index (χ1v) is 8.45. The molecule has 23 heavy (non-hydrogen) atoms. The van der Waals surface area contributed by atoms with E-state index in [-0.39, 0.29) is 11.8 Å². The van der Waals surface area contributed by atoms with E-state index in [0.717, 1.165) is 17.3 Å². The van der Waals surface area contributed by atoms with Crippen molar-refractivity contribution in [1.82, 2.24) is 14.9 Å². The quantitative estimate of drug-likeness (QED) is 0.871. The third-order valence-electron chi connectivity index (χ3n) is 3.88. The van der Waals surface area contributed by atoms with Crippen LogP contribution in [0, 0.1) is 0 Å². The van der Waals surface area contributed by atoms with Gasteiger partial charge < -0.3 is 15.0 Å². The number of morpholine rings is 1. The summed E-state index contributed by atoms with van der Waals surface area (Å²) in [5.41, 5.74) is 1.03. The molecule has 0 atom stereocenters. The molecule has 6 heteroatoms. The maximum atomic E-state index is 12.1. The number of rotatable bonds is 6. The number of nitrogens with zero attached hydrogens (tertiary/aromatic N) is 3. The maximum absolute atomic E-state index is 12.1. The summed E-state index contributed by atoms with van der Waals surface area (Å²) in [4.78, 5) is 23.2. The third kappa shape index (κ3) is 5.16. The monoisotopic (exact) mass is 320 g/mol. The van der Waals surface area contributed by atoms with E-state index in [4.69, 9.17) is 4.74 Å². The number of ether oxygens (including phenoxy) is 1. The lowest BCUT2D eigenvalue weighted by atomic mass is 10.1. The minimum absolute atomic E-state index is 0.169. The molecule has 0 unspecified atom stereocenters. The van der Waals surface area contributed by atoms with Crippen molar-refractivity contribution in [3.8, 4) is 0 Å². The van der Waals surface area contributed by atoms with Crippen LogP contribution in [-0.2, 0) is 9.53 Å². The Morgan fingerprint density at radius 3 is 2.52 bits per heavy atom. The number of nitrogens with one attached hydrogen (secondary N) is 1. The molecule has 1 amide bonds. The largest absolute Gasteiger partial charge is 0.378 e. The summed E-state index contributed by atoms with van der Waals surface area (Å²) in [6.45, 7) is 11.7. The Morgan fingerprint density at radius 1 is 1.22 bits per heavy atom. The van der Waals surface area contributed by atoms with Crippen LogP contribution in [0.2, 0.25) is 0 Å². The first-order valence-electron chi connectivity index (χ1n) is 8.45. The van der Waals surface area contributed by atoms with E-state index < -0.39 is 0 Å². The van der Waals surface area contributed by atoms with Crippen LogP contribution < -0.4 is 5.32 Å². The SMILES string of the molecule is CC(C)c1cc(NCCC(=O)N2CCOCC2)nc(C(C)C)n1. The molecule has 1 aromatic heterocycles. The molecule has 2 heterocycles. The summed E-state index contributed by atoms with van der Waals surface area (Å²) in [5, 5.41) is 3.28. The van der Waals surface area contributed by atoms with Gasteiger partial charge in [-0.15, -0.1) is 0 Å². The Labute approximate surface area is 138 Å². The Bertz CT molecular complexity index is 499.